The maximum atomic E-state index is 13.2. The van der Waals surface area contributed by atoms with Crippen molar-refractivity contribution < 1.29 is 24.1 Å². The molecule has 0 unspecified atom stereocenters. The number of methoxy groups -OCH3 is 2. The van der Waals surface area contributed by atoms with Gasteiger partial charge in [0.15, 0.2) is 11.2 Å². The summed E-state index contributed by atoms with van der Waals surface area (Å²) in [4.78, 5) is 13.2. The molecule has 1 N–H and O–H groups in total. The molecule has 0 radical (unpaired) electrons. The first kappa shape index (κ1) is 22.2. The molecule has 0 saturated heterocycles. The van der Waals surface area contributed by atoms with Crippen molar-refractivity contribution in [3.63, 3.8) is 0 Å². The summed E-state index contributed by atoms with van der Waals surface area (Å²) >= 11 is 0. The molecule has 2 aliphatic rings. The van der Waals surface area contributed by atoms with Crippen molar-refractivity contribution in [3.05, 3.63) is 106 Å². The molecule has 5 nitrogen and oxygen atoms in total. The molecule has 1 aliphatic carbocycles. The van der Waals surface area contributed by atoms with Crippen LogP contribution in [0, 0.1) is 13.8 Å². The molecule has 3 aromatic rings. The Morgan fingerprint density at radius 1 is 0.971 bits per heavy atom. The Labute approximate surface area is 199 Å². The number of carbonyl (C=O) groups is 1. The third kappa shape index (κ3) is 2.74. The molecule has 0 fully saturated rings. The highest BCUT2D eigenvalue weighted by Crippen LogP contribution is 2.69. The van der Waals surface area contributed by atoms with Crippen molar-refractivity contribution in [2.75, 3.05) is 14.2 Å². The second-order valence-electron chi connectivity index (χ2n) is 9.11. The van der Waals surface area contributed by atoms with Gasteiger partial charge in [0, 0.05) is 11.1 Å². The molecule has 3 atom stereocenters. The van der Waals surface area contributed by atoms with Crippen molar-refractivity contribution in [1.82, 2.24) is 0 Å². The van der Waals surface area contributed by atoms with Crippen LogP contribution in [0.15, 0.2) is 77.9 Å². The van der Waals surface area contributed by atoms with Crippen molar-refractivity contribution in [2.24, 2.45) is 0 Å². The molecule has 5 rings (SSSR count). The van der Waals surface area contributed by atoms with Gasteiger partial charge in [0.05, 0.1) is 25.7 Å². The number of hydrogen-bond acceptors (Lipinski definition) is 5. The van der Waals surface area contributed by atoms with E-state index in [1.54, 1.807) is 7.11 Å². The monoisotopic (exact) mass is 456 g/mol. The Bertz CT molecular complexity index is 1310. The van der Waals surface area contributed by atoms with Crippen LogP contribution < -0.4 is 9.47 Å². The number of fused-ring (bicyclic) bond motifs is 3. The van der Waals surface area contributed by atoms with Crippen molar-refractivity contribution in [2.45, 2.75) is 37.9 Å². The maximum Gasteiger partial charge on any atom is 0.334 e. The number of hydrogen-bond donors (Lipinski definition) is 1. The Morgan fingerprint density at radius 2 is 1.65 bits per heavy atom. The zero-order chi connectivity index (χ0) is 24.3. The van der Waals surface area contributed by atoms with Gasteiger partial charge in [-0.1, -0.05) is 48.5 Å². The molecule has 1 aliphatic heterocycles. The summed E-state index contributed by atoms with van der Waals surface area (Å²) in [7, 11) is 2.98. The summed E-state index contributed by atoms with van der Waals surface area (Å²) in [5.74, 6) is 0.238. The van der Waals surface area contributed by atoms with E-state index in [0.717, 1.165) is 22.3 Å². The molecular weight excluding hydrogens is 428 g/mol. The predicted molar refractivity (Wildman–Crippen MR) is 129 cm³/mol. The Morgan fingerprint density at radius 3 is 2.26 bits per heavy atom. The number of aryl methyl sites for hydroxylation is 2. The van der Waals surface area contributed by atoms with Crippen LogP contribution >= 0.6 is 0 Å². The second kappa shape index (κ2) is 7.74. The number of carbonyl (C=O) groups excluding carboxylic acids is 1. The largest absolute Gasteiger partial charge is 0.497 e. The van der Waals surface area contributed by atoms with E-state index >= 15 is 0 Å². The van der Waals surface area contributed by atoms with Crippen LogP contribution in [-0.4, -0.2) is 25.3 Å². The molecule has 0 spiro atoms. The molecule has 0 aromatic heterocycles. The van der Waals surface area contributed by atoms with Crippen LogP contribution in [0.4, 0.5) is 0 Å². The third-order valence-electron chi connectivity index (χ3n) is 7.31. The molecule has 34 heavy (non-hydrogen) atoms. The van der Waals surface area contributed by atoms with Gasteiger partial charge in [-0.05, 0) is 61.2 Å². The zero-order valence-corrected chi connectivity index (χ0v) is 20.0. The number of rotatable bonds is 4. The maximum absolute atomic E-state index is 13.2. The van der Waals surface area contributed by atoms with Gasteiger partial charge >= 0.3 is 5.97 Å². The van der Waals surface area contributed by atoms with Gasteiger partial charge in [0.25, 0.3) is 0 Å². The van der Waals surface area contributed by atoms with E-state index in [1.165, 1.54) is 7.11 Å². The molecule has 0 bridgehead atoms. The lowest BCUT2D eigenvalue weighted by Crippen LogP contribution is -2.50. The van der Waals surface area contributed by atoms with Gasteiger partial charge in [-0.25, -0.2) is 4.79 Å². The minimum atomic E-state index is -1.58. The summed E-state index contributed by atoms with van der Waals surface area (Å²) in [5, 5.41) is 12.8. The molecular formula is C29H28O5. The van der Waals surface area contributed by atoms with Crippen LogP contribution in [0.2, 0.25) is 0 Å². The first-order chi connectivity index (χ1) is 16.3. The van der Waals surface area contributed by atoms with Gasteiger partial charge in [-0.3, -0.25) is 0 Å². The third-order valence-corrected chi connectivity index (χ3v) is 7.31. The highest BCUT2D eigenvalue weighted by Gasteiger charge is 2.72. The highest BCUT2D eigenvalue weighted by molar-refractivity contribution is 5.94. The molecule has 5 heteroatoms. The van der Waals surface area contributed by atoms with Crippen molar-refractivity contribution in [1.29, 1.82) is 0 Å². The summed E-state index contributed by atoms with van der Waals surface area (Å²) in [6.45, 7) is 5.79. The van der Waals surface area contributed by atoms with E-state index < -0.39 is 23.1 Å². The number of aliphatic hydroxyl groups is 1. The van der Waals surface area contributed by atoms with Gasteiger partial charge < -0.3 is 19.3 Å². The quantitative estimate of drug-likeness (QED) is 0.555. The van der Waals surface area contributed by atoms with E-state index in [9.17, 15) is 9.90 Å². The fourth-order valence-corrected chi connectivity index (χ4v) is 5.96. The Kier molecular flexibility index (Phi) is 5.06. The van der Waals surface area contributed by atoms with Crippen molar-refractivity contribution >= 4 is 5.97 Å². The number of esters is 1. The SMILES string of the molecule is COC(=O)C1=C(C)[C@]2(O)c3c(C)cc(C)cc3O[C@]2(c2ccc(OC)cc2)[C@H]1c1ccccc1. The summed E-state index contributed by atoms with van der Waals surface area (Å²) in [5.41, 5.74) is 2.29. The minimum Gasteiger partial charge on any atom is -0.497 e. The molecule has 3 aromatic carbocycles. The van der Waals surface area contributed by atoms with Crippen LogP contribution in [0.5, 0.6) is 11.5 Å². The Balaban J connectivity index is 1.91. The molecule has 1 heterocycles. The minimum absolute atomic E-state index is 0.414. The smallest absolute Gasteiger partial charge is 0.334 e. The standard InChI is InChI=1S/C29H28O5/c1-17-15-18(2)25-23(16-17)34-29(21-11-13-22(32-4)14-12-21)26(20-9-7-6-8-10-20)24(27(30)33-5)19(3)28(25,29)31/h6-16,26,31H,1-5H3/t26-,28-,29+/m0/s1. The summed E-state index contributed by atoms with van der Waals surface area (Å²) in [6, 6.07) is 21.2. The van der Waals surface area contributed by atoms with E-state index in [1.807, 2.05) is 87.5 Å². The van der Waals surface area contributed by atoms with Crippen LogP contribution in [0.3, 0.4) is 0 Å². The van der Waals surface area contributed by atoms with E-state index in [4.69, 9.17) is 14.2 Å². The fraction of sp³-hybridized carbons (Fsp3) is 0.276. The van der Waals surface area contributed by atoms with Crippen molar-refractivity contribution in [3.8, 4) is 11.5 Å². The average Bonchev–Trinajstić information content (AvgIpc) is 3.22. The lowest BCUT2D eigenvalue weighted by atomic mass is 9.68. The zero-order valence-electron chi connectivity index (χ0n) is 20.0. The summed E-state index contributed by atoms with van der Waals surface area (Å²) in [6.07, 6.45) is 0. The van der Waals surface area contributed by atoms with Gasteiger partial charge in [-0.15, -0.1) is 0 Å². The number of ether oxygens (including phenoxy) is 3. The normalized spacial score (nSPS) is 24.9. The molecule has 174 valence electrons. The Hall–Kier alpha value is -3.57. The van der Waals surface area contributed by atoms with Gasteiger partial charge in [0.2, 0.25) is 0 Å². The van der Waals surface area contributed by atoms with E-state index in [2.05, 4.69) is 0 Å². The fourth-order valence-electron chi connectivity index (χ4n) is 5.96. The molecule has 0 amide bonds. The lowest BCUT2D eigenvalue weighted by molar-refractivity contribution is -0.137. The van der Waals surface area contributed by atoms with Crippen LogP contribution in [0.25, 0.3) is 0 Å². The summed E-state index contributed by atoms with van der Waals surface area (Å²) < 4.78 is 17.5. The van der Waals surface area contributed by atoms with Gasteiger partial charge in [-0.2, -0.15) is 0 Å². The predicted octanol–water partition coefficient (Wildman–Crippen LogP) is 5.07. The van der Waals surface area contributed by atoms with Crippen LogP contribution in [-0.2, 0) is 20.7 Å². The second-order valence-corrected chi connectivity index (χ2v) is 9.11. The molecule has 0 saturated carbocycles. The first-order valence-corrected chi connectivity index (χ1v) is 11.3. The van der Waals surface area contributed by atoms with E-state index in [0.29, 0.717) is 28.2 Å². The first-order valence-electron chi connectivity index (χ1n) is 11.3. The van der Waals surface area contributed by atoms with E-state index in [-0.39, 0.29) is 0 Å². The highest BCUT2D eigenvalue weighted by atomic mass is 16.5. The average molecular weight is 457 g/mol. The topological polar surface area (TPSA) is 65.0 Å². The van der Waals surface area contributed by atoms with Gasteiger partial charge in [0.1, 0.15) is 11.5 Å². The lowest BCUT2D eigenvalue weighted by Gasteiger charge is -2.41. The van der Waals surface area contributed by atoms with Crippen LogP contribution in [0.1, 0.15) is 40.7 Å². The number of benzene rings is 3.